The van der Waals surface area contributed by atoms with Crippen molar-refractivity contribution in [3.05, 3.63) is 58.8 Å². The SMILES string of the molecule is CN=Cc1cc2c(cc1N)c(CCC1(C)CC(C)C1)c(C1CCCCC1)n2-c1ccc(F)c(F)c1. The Hall–Kier alpha value is -2.69. The molecule has 2 aliphatic rings. The third kappa shape index (κ3) is 4.50. The molecular weight excluding hydrogens is 440 g/mol. The monoisotopic (exact) mass is 477 g/mol. The fraction of sp³-hybridized carbons (Fsp3) is 0.500. The average Bonchev–Trinajstić information content (AvgIpc) is 3.12. The fourth-order valence-electron chi connectivity index (χ4n) is 6.93. The Kier molecular flexibility index (Phi) is 6.45. The summed E-state index contributed by atoms with van der Waals surface area (Å²) >= 11 is 0. The molecule has 3 aromatic rings. The Morgan fingerprint density at radius 3 is 2.49 bits per heavy atom. The molecule has 2 N–H and O–H groups in total. The number of aryl methyl sites for hydroxylation is 1. The first kappa shape index (κ1) is 24.0. The summed E-state index contributed by atoms with van der Waals surface area (Å²) in [7, 11) is 1.73. The van der Waals surface area contributed by atoms with Crippen LogP contribution in [0.1, 0.15) is 88.0 Å². The maximum atomic E-state index is 14.5. The molecule has 1 heterocycles. The lowest BCUT2D eigenvalue weighted by atomic mass is 9.61. The van der Waals surface area contributed by atoms with Crippen molar-refractivity contribution in [3.63, 3.8) is 0 Å². The van der Waals surface area contributed by atoms with E-state index in [9.17, 15) is 8.78 Å². The zero-order chi connectivity index (χ0) is 24.7. The van der Waals surface area contributed by atoms with Crippen LogP contribution in [0.25, 0.3) is 16.6 Å². The molecule has 0 bridgehead atoms. The quantitative estimate of drug-likeness (QED) is 0.284. The molecule has 2 aliphatic carbocycles. The Balaban J connectivity index is 1.74. The highest BCUT2D eigenvalue weighted by molar-refractivity contribution is 5.98. The summed E-state index contributed by atoms with van der Waals surface area (Å²) < 4.78 is 30.6. The van der Waals surface area contributed by atoms with Crippen LogP contribution in [0.3, 0.4) is 0 Å². The molecule has 0 unspecified atom stereocenters. The lowest BCUT2D eigenvalue weighted by Crippen LogP contribution is -2.33. The lowest BCUT2D eigenvalue weighted by Gasteiger charge is -2.44. The van der Waals surface area contributed by atoms with Gasteiger partial charge in [0.05, 0.1) is 5.52 Å². The summed E-state index contributed by atoms with van der Waals surface area (Å²) in [4.78, 5) is 4.19. The third-order valence-electron chi connectivity index (χ3n) is 8.40. The predicted octanol–water partition coefficient (Wildman–Crippen LogP) is 7.96. The van der Waals surface area contributed by atoms with Crippen LogP contribution in [0.5, 0.6) is 0 Å². The van der Waals surface area contributed by atoms with Crippen molar-refractivity contribution in [2.24, 2.45) is 16.3 Å². The van der Waals surface area contributed by atoms with Crippen LogP contribution < -0.4 is 5.73 Å². The summed E-state index contributed by atoms with van der Waals surface area (Å²) in [6, 6.07) is 8.43. The summed E-state index contributed by atoms with van der Waals surface area (Å²) in [5, 5.41) is 1.14. The number of benzene rings is 2. The second kappa shape index (κ2) is 9.40. The maximum Gasteiger partial charge on any atom is 0.160 e. The van der Waals surface area contributed by atoms with Crippen molar-refractivity contribution in [2.75, 3.05) is 12.8 Å². The molecule has 2 aromatic carbocycles. The standard InChI is InChI=1S/C30H37F2N3/c1-19-16-30(2,17-19)12-11-23-24-15-27(33)21(18-34-3)13-28(24)35(22-9-10-25(31)26(32)14-22)29(23)20-7-5-4-6-8-20/h9-10,13-15,18-20H,4-8,11-12,16-17,33H2,1-3H3. The minimum absolute atomic E-state index is 0.375. The van der Waals surface area contributed by atoms with Gasteiger partial charge in [0.1, 0.15) is 0 Å². The van der Waals surface area contributed by atoms with Gasteiger partial charge < -0.3 is 10.3 Å². The van der Waals surface area contributed by atoms with Crippen molar-refractivity contribution >= 4 is 22.8 Å². The lowest BCUT2D eigenvalue weighted by molar-refractivity contribution is 0.0779. The topological polar surface area (TPSA) is 43.3 Å². The molecule has 0 radical (unpaired) electrons. The van der Waals surface area contributed by atoms with Crippen molar-refractivity contribution in [3.8, 4) is 5.69 Å². The first-order chi connectivity index (χ1) is 16.8. The van der Waals surface area contributed by atoms with Crippen LogP contribution in [0, 0.1) is 23.0 Å². The number of aliphatic imine (C=N–C) groups is 1. The van der Waals surface area contributed by atoms with Crippen LogP contribution >= 0.6 is 0 Å². The van der Waals surface area contributed by atoms with Crippen LogP contribution in [0.4, 0.5) is 14.5 Å². The second-order valence-corrected chi connectivity index (χ2v) is 11.3. The van der Waals surface area contributed by atoms with Gasteiger partial charge in [-0.05, 0) is 85.6 Å². The fourth-order valence-corrected chi connectivity index (χ4v) is 6.93. The minimum atomic E-state index is -0.820. The molecule has 5 rings (SSSR count). The van der Waals surface area contributed by atoms with Gasteiger partial charge in [0, 0.05) is 47.3 Å². The number of nitrogens with two attached hydrogens (primary N) is 1. The van der Waals surface area contributed by atoms with E-state index in [0.29, 0.717) is 22.7 Å². The van der Waals surface area contributed by atoms with E-state index in [1.165, 1.54) is 55.5 Å². The van der Waals surface area contributed by atoms with Gasteiger partial charge in [-0.25, -0.2) is 8.78 Å². The number of aromatic nitrogens is 1. The summed E-state index contributed by atoms with van der Waals surface area (Å²) in [6.07, 6.45) is 12.3. The highest BCUT2D eigenvalue weighted by atomic mass is 19.2. The van der Waals surface area contributed by atoms with Crippen LogP contribution in [0.15, 0.2) is 35.3 Å². The number of nitrogens with zero attached hydrogens (tertiary/aromatic N) is 2. The number of fused-ring (bicyclic) bond motifs is 1. The van der Waals surface area contributed by atoms with E-state index in [-0.39, 0.29) is 0 Å². The van der Waals surface area contributed by atoms with E-state index >= 15 is 0 Å². The van der Waals surface area contributed by atoms with Gasteiger partial charge in [0.25, 0.3) is 0 Å². The first-order valence-electron chi connectivity index (χ1n) is 13.1. The van der Waals surface area contributed by atoms with Gasteiger partial charge in [-0.15, -0.1) is 0 Å². The molecule has 35 heavy (non-hydrogen) atoms. The number of nitrogen functional groups attached to an aromatic ring is 1. The zero-order valence-corrected chi connectivity index (χ0v) is 21.2. The van der Waals surface area contributed by atoms with Gasteiger partial charge in [-0.3, -0.25) is 4.99 Å². The predicted molar refractivity (Wildman–Crippen MR) is 142 cm³/mol. The van der Waals surface area contributed by atoms with Gasteiger partial charge in [0.15, 0.2) is 11.6 Å². The Labute approximate surface area is 207 Å². The number of hydrogen-bond donors (Lipinski definition) is 1. The molecule has 1 aromatic heterocycles. The van der Waals surface area contributed by atoms with E-state index in [4.69, 9.17) is 5.73 Å². The molecule has 0 aliphatic heterocycles. The molecule has 0 atom stereocenters. The van der Waals surface area contributed by atoms with Crippen molar-refractivity contribution < 1.29 is 8.78 Å². The van der Waals surface area contributed by atoms with E-state index in [1.54, 1.807) is 19.3 Å². The zero-order valence-electron chi connectivity index (χ0n) is 21.2. The molecule has 2 fully saturated rings. The van der Waals surface area contributed by atoms with Gasteiger partial charge in [-0.2, -0.15) is 0 Å². The van der Waals surface area contributed by atoms with Gasteiger partial charge in [-0.1, -0.05) is 33.1 Å². The van der Waals surface area contributed by atoms with Crippen molar-refractivity contribution in [1.82, 2.24) is 4.57 Å². The van der Waals surface area contributed by atoms with E-state index in [0.717, 1.165) is 48.1 Å². The maximum absolute atomic E-state index is 14.5. The molecule has 186 valence electrons. The first-order valence-corrected chi connectivity index (χ1v) is 13.1. The molecular formula is C30H37F2N3. The largest absolute Gasteiger partial charge is 0.398 e. The highest BCUT2D eigenvalue weighted by Crippen LogP contribution is 2.50. The van der Waals surface area contributed by atoms with Crippen molar-refractivity contribution in [2.45, 2.75) is 77.6 Å². The van der Waals surface area contributed by atoms with Gasteiger partial charge >= 0.3 is 0 Å². The molecule has 0 spiro atoms. The number of rotatable bonds is 6. The normalized spacial score (nSPS) is 23.3. The Morgan fingerprint density at radius 1 is 1.09 bits per heavy atom. The van der Waals surface area contributed by atoms with Crippen LogP contribution in [-0.2, 0) is 6.42 Å². The number of halogens is 2. The third-order valence-corrected chi connectivity index (χ3v) is 8.40. The highest BCUT2D eigenvalue weighted by Gasteiger charge is 2.38. The summed E-state index contributed by atoms with van der Waals surface area (Å²) in [6.45, 7) is 4.74. The smallest absolute Gasteiger partial charge is 0.160 e. The van der Waals surface area contributed by atoms with Crippen molar-refractivity contribution in [1.29, 1.82) is 0 Å². The summed E-state index contributed by atoms with van der Waals surface area (Å²) in [5.74, 6) is -0.438. The molecule has 0 amide bonds. The number of anilines is 1. The number of hydrogen-bond acceptors (Lipinski definition) is 2. The van der Waals surface area contributed by atoms with E-state index < -0.39 is 11.6 Å². The van der Waals surface area contributed by atoms with Gasteiger partial charge in [0.2, 0.25) is 0 Å². The second-order valence-electron chi connectivity index (χ2n) is 11.3. The van der Waals surface area contributed by atoms with Crippen LogP contribution in [0.2, 0.25) is 0 Å². The minimum Gasteiger partial charge on any atom is -0.398 e. The van der Waals surface area contributed by atoms with Crippen LogP contribution in [-0.4, -0.2) is 17.8 Å². The van der Waals surface area contributed by atoms with E-state index in [1.807, 2.05) is 0 Å². The Bertz CT molecular complexity index is 1260. The Morgan fingerprint density at radius 2 is 1.83 bits per heavy atom. The average molecular weight is 478 g/mol. The molecule has 0 saturated heterocycles. The van der Waals surface area contributed by atoms with E-state index in [2.05, 4.69) is 35.5 Å². The molecule has 2 saturated carbocycles. The summed E-state index contributed by atoms with van der Waals surface area (Å²) in [5.41, 5.74) is 12.7. The molecule has 5 heteroatoms. The molecule has 3 nitrogen and oxygen atoms in total.